The van der Waals surface area contributed by atoms with Crippen molar-refractivity contribution in [1.29, 1.82) is 0 Å². The largest absolute Gasteiger partial charge is 0.497 e. The molecule has 0 fully saturated rings. The summed E-state index contributed by atoms with van der Waals surface area (Å²) in [4.78, 5) is 30.8. The highest BCUT2D eigenvalue weighted by Crippen LogP contribution is 2.17. The van der Waals surface area contributed by atoms with Crippen molar-refractivity contribution in [1.82, 2.24) is 15.3 Å². The van der Waals surface area contributed by atoms with Gasteiger partial charge in [0.25, 0.3) is 0 Å². The fourth-order valence-corrected chi connectivity index (χ4v) is 2.29. The van der Waals surface area contributed by atoms with Gasteiger partial charge in [0.05, 0.1) is 31.0 Å². The van der Waals surface area contributed by atoms with Crippen LogP contribution >= 0.6 is 0 Å². The number of amides is 2. The van der Waals surface area contributed by atoms with Crippen LogP contribution in [0.3, 0.4) is 0 Å². The molecule has 3 aromatic rings. The lowest BCUT2D eigenvalue weighted by molar-refractivity contribution is -0.136. The minimum Gasteiger partial charge on any atom is -0.497 e. The standard InChI is InChI=1S/C18H18N4O4/c1-25-13-3-5-14(6-4-13)26-9-8-19-17(23)18(24)22-12-2-7-15-16(10-12)21-11-20-15/h2-7,10-11H,8-9H2,1H3,(H,19,23)(H,20,21)(H,22,24). The first-order valence-electron chi connectivity index (χ1n) is 7.95. The molecule has 0 bridgehead atoms. The number of benzene rings is 2. The third kappa shape index (κ3) is 4.29. The highest BCUT2D eigenvalue weighted by molar-refractivity contribution is 6.39. The zero-order chi connectivity index (χ0) is 18.4. The van der Waals surface area contributed by atoms with Crippen molar-refractivity contribution in [2.24, 2.45) is 0 Å². The number of rotatable bonds is 6. The summed E-state index contributed by atoms with van der Waals surface area (Å²) in [6.45, 7) is 0.448. The minimum absolute atomic E-state index is 0.206. The number of H-pyrrole nitrogens is 1. The number of nitrogens with zero attached hydrogens (tertiary/aromatic N) is 1. The predicted molar refractivity (Wildman–Crippen MR) is 96.2 cm³/mol. The molecule has 2 aromatic carbocycles. The molecule has 1 aromatic heterocycles. The van der Waals surface area contributed by atoms with E-state index in [1.54, 1.807) is 55.9 Å². The van der Waals surface area contributed by atoms with Crippen LogP contribution in [-0.2, 0) is 9.59 Å². The van der Waals surface area contributed by atoms with Gasteiger partial charge in [-0.2, -0.15) is 0 Å². The molecule has 134 valence electrons. The summed E-state index contributed by atoms with van der Waals surface area (Å²) in [6, 6.07) is 12.2. The van der Waals surface area contributed by atoms with Crippen LogP contribution in [0.1, 0.15) is 0 Å². The van der Waals surface area contributed by atoms with E-state index in [1.807, 2.05) is 0 Å². The van der Waals surface area contributed by atoms with Crippen LogP contribution in [0.2, 0.25) is 0 Å². The van der Waals surface area contributed by atoms with Gasteiger partial charge >= 0.3 is 11.8 Å². The zero-order valence-electron chi connectivity index (χ0n) is 14.1. The highest BCUT2D eigenvalue weighted by Gasteiger charge is 2.13. The molecule has 26 heavy (non-hydrogen) atoms. The second kappa shape index (κ2) is 8.02. The summed E-state index contributed by atoms with van der Waals surface area (Å²) in [5.41, 5.74) is 2.07. The number of aromatic nitrogens is 2. The maximum absolute atomic E-state index is 11.9. The third-order valence-electron chi connectivity index (χ3n) is 3.60. The number of anilines is 1. The van der Waals surface area contributed by atoms with Gasteiger partial charge in [-0.25, -0.2) is 4.98 Å². The van der Waals surface area contributed by atoms with Gasteiger partial charge in [-0.1, -0.05) is 0 Å². The Morgan fingerprint density at radius 2 is 1.85 bits per heavy atom. The van der Waals surface area contributed by atoms with E-state index in [9.17, 15) is 9.59 Å². The van der Waals surface area contributed by atoms with Crippen molar-refractivity contribution in [3.05, 3.63) is 48.8 Å². The Bertz CT molecular complexity index is 905. The Morgan fingerprint density at radius 3 is 2.62 bits per heavy atom. The maximum Gasteiger partial charge on any atom is 0.313 e. The average Bonchev–Trinajstić information content (AvgIpc) is 3.13. The molecule has 1 heterocycles. The van der Waals surface area contributed by atoms with Crippen LogP contribution in [0.4, 0.5) is 5.69 Å². The first kappa shape index (κ1) is 17.3. The highest BCUT2D eigenvalue weighted by atomic mass is 16.5. The molecule has 2 amide bonds. The van der Waals surface area contributed by atoms with Crippen LogP contribution in [0.5, 0.6) is 11.5 Å². The van der Waals surface area contributed by atoms with Crippen LogP contribution in [0.25, 0.3) is 11.0 Å². The molecule has 0 saturated carbocycles. The van der Waals surface area contributed by atoms with E-state index in [-0.39, 0.29) is 13.2 Å². The van der Waals surface area contributed by atoms with Gasteiger partial charge in [-0.15, -0.1) is 0 Å². The number of carbonyl (C=O) groups is 2. The molecular weight excluding hydrogens is 336 g/mol. The Kier molecular flexibility index (Phi) is 5.33. The summed E-state index contributed by atoms with van der Waals surface area (Å²) >= 11 is 0. The van der Waals surface area contributed by atoms with Crippen molar-refractivity contribution in [3.8, 4) is 11.5 Å². The van der Waals surface area contributed by atoms with Gasteiger partial charge < -0.3 is 25.1 Å². The molecule has 0 unspecified atom stereocenters. The summed E-state index contributed by atoms with van der Waals surface area (Å²) in [5.74, 6) is -0.0886. The number of imidazole rings is 1. The molecule has 0 radical (unpaired) electrons. The van der Waals surface area contributed by atoms with Crippen LogP contribution in [-0.4, -0.2) is 42.0 Å². The number of ether oxygens (including phenoxy) is 2. The number of aromatic amines is 1. The number of hydrogen-bond acceptors (Lipinski definition) is 5. The molecule has 3 N–H and O–H groups in total. The maximum atomic E-state index is 11.9. The van der Waals surface area contributed by atoms with E-state index in [1.165, 1.54) is 0 Å². The third-order valence-corrected chi connectivity index (χ3v) is 3.60. The summed E-state index contributed by atoms with van der Waals surface area (Å²) in [6.07, 6.45) is 1.56. The lowest BCUT2D eigenvalue weighted by Gasteiger charge is -2.09. The molecule has 0 saturated heterocycles. The normalized spacial score (nSPS) is 10.3. The Labute approximate surface area is 149 Å². The van der Waals surface area contributed by atoms with E-state index in [4.69, 9.17) is 9.47 Å². The van der Waals surface area contributed by atoms with E-state index in [0.29, 0.717) is 11.4 Å². The van der Waals surface area contributed by atoms with Gasteiger partial charge in [0.15, 0.2) is 0 Å². The van der Waals surface area contributed by atoms with Crippen molar-refractivity contribution < 1.29 is 19.1 Å². The minimum atomic E-state index is -0.742. The smallest absolute Gasteiger partial charge is 0.313 e. The average molecular weight is 354 g/mol. The van der Waals surface area contributed by atoms with Crippen molar-refractivity contribution in [3.63, 3.8) is 0 Å². The Hall–Kier alpha value is -3.55. The molecule has 8 nitrogen and oxygen atoms in total. The summed E-state index contributed by atoms with van der Waals surface area (Å²) < 4.78 is 10.5. The molecule has 8 heteroatoms. The number of carbonyl (C=O) groups excluding carboxylic acids is 2. The number of nitrogens with one attached hydrogen (secondary N) is 3. The molecule has 0 aliphatic rings. The quantitative estimate of drug-likeness (QED) is 0.462. The molecular formula is C18H18N4O4. The van der Waals surface area contributed by atoms with Crippen LogP contribution in [0.15, 0.2) is 48.8 Å². The van der Waals surface area contributed by atoms with Crippen LogP contribution < -0.4 is 20.1 Å². The molecule has 0 spiro atoms. The lowest BCUT2D eigenvalue weighted by Crippen LogP contribution is -2.37. The molecule has 3 rings (SSSR count). The van der Waals surface area contributed by atoms with E-state index in [2.05, 4.69) is 20.6 Å². The van der Waals surface area contributed by atoms with Gasteiger partial charge in [-0.05, 0) is 42.5 Å². The Morgan fingerprint density at radius 1 is 1.08 bits per heavy atom. The summed E-state index contributed by atoms with van der Waals surface area (Å²) in [5, 5.41) is 5.05. The van der Waals surface area contributed by atoms with E-state index >= 15 is 0 Å². The predicted octanol–water partition coefficient (Wildman–Crippen LogP) is 1.71. The van der Waals surface area contributed by atoms with E-state index < -0.39 is 11.8 Å². The first-order chi connectivity index (χ1) is 12.7. The molecule has 0 aliphatic carbocycles. The lowest BCUT2D eigenvalue weighted by atomic mass is 10.2. The van der Waals surface area contributed by atoms with Crippen molar-refractivity contribution >= 4 is 28.5 Å². The fraction of sp³-hybridized carbons (Fsp3) is 0.167. The first-order valence-corrected chi connectivity index (χ1v) is 7.95. The van der Waals surface area contributed by atoms with Crippen molar-refractivity contribution in [2.75, 3.05) is 25.6 Å². The number of methoxy groups -OCH3 is 1. The van der Waals surface area contributed by atoms with Gasteiger partial charge in [0.1, 0.15) is 18.1 Å². The fourth-order valence-electron chi connectivity index (χ4n) is 2.29. The van der Waals surface area contributed by atoms with Gasteiger partial charge in [-0.3, -0.25) is 9.59 Å². The molecule has 0 aliphatic heterocycles. The van der Waals surface area contributed by atoms with E-state index in [0.717, 1.165) is 16.8 Å². The van der Waals surface area contributed by atoms with Crippen LogP contribution in [0, 0.1) is 0 Å². The topological polar surface area (TPSA) is 105 Å². The van der Waals surface area contributed by atoms with Crippen molar-refractivity contribution in [2.45, 2.75) is 0 Å². The zero-order valence-corrected chi connectivity index (χ0v) is 14.1. The second-order valence-electron chi connectivity index (χ2n) is 5.37. The number of fused-ring (bicyclic) bond motifs is 1. The summed E-state index contributed by atoms with van der Waals surface area (Å²) in [7, 11) is 1.59. The second-order valence-corrected chi connectivity index (χ2v) is 5.37. The van der Waals surface area contributed by atoms with Gasteiger partial charge in [0.2, 0.25) is 0 Å². The SMILES string of the molecule is COc1ccc(OCCNC(=O)C(=O)Nc2ccc3nc[nH]c3c2)cc1. The Balaban J connectivity index is 1.42. The monoisotopic (exact) mass is 354 g/mol. The molecule has 0 atom stereocenters. The number of hydrogen-bond donors (Lipinski definition) is 3. The van der Waals surface area contributed by atoms with Gasteiger partial charge in [0, 0.05) is 5.69 Å².